The molecule has 0 bridgehead atoms. The van der Waals surface area contributed by atoms with Crippen LogP contribution in [0.15, 0.2) is 27.0 Å². The number of H-pyrrole nitrogens is 1. The molecule has 8 heteroatoms. The number of nitrogens with two attached hydrogens (primary N) is 1. The number of thiazole rings is 1. The number of pyridine rings is 2. The van der Waals surface area contributed by atoms with Crippen molar-refractivity contribution in [1.29, 1.82) is 0 Å². The fraction of sp³-hybridized carbons (Fsp3) is 0. The first-order valence-electron chi connectivity index (χ1n) is 5.38. The average Bonchev–Trinajstić information content (AvgIpc) is 2.84. The molecule has 4 rings (SSSR count). The molecule has 0 aliphatic heterocycles. The summed E-state index contributed by atoms with van der Waals surface area (Å²) >= 11 is 4.85. The first-order valence-corrected chi connectivity index (χ1v) is 6.99. The molecule has 0 aromatic carbocycles. The summed E-state index contributed by atoms with van der Waals surface area (Å²) in [5.74, 6) is 0. The van der Waals surface area contributed by atoms with Crippen LogP contribution in [-0.4, -0.2) is 19.6 Å². The molecule has 0 amide bonds. The summed E-state index contributed by atoms with van der Waals surface area (Å²) in [6, 6.07) is 1.69. The third kappa shape index (κ3) is 1.44. The Hall–Kier alpha value is -1.93. The van der Waals surface area contributed by atoms with Crippen molar-refractivity contribution in [3.05, 3.63) is 32.6 Å². The lowest BCUT2D eigenvalue weighted by Crippen LogP contribution is -2.06. The first-order chi connectivity index (χ1) is 9.13. The van der Waals surface area contributed by atoms with E-state index < -0.39 is 0 Å². The molecule has 0 spiro atoms. The van der Waals surface area contributed by atoms with E-state index >= 15 is 0 Å². The maximum Gasteiger partial charge on any atom is 0.261 e. The van der Waals surface area contributed by atoms with Gasteiger partial charge in [0.05, 0.1) is 27.4 Å². The van der Waals surface area contributed by atoms with Crippen LogP contribution in [0.1, 0.15) is 0 Å². The number of aromatic amines is 1. The summed E-state index contributed by atoms with van der Waals surface area (Å²) in [6.07, 6.45) is 3.38. The number of anilines is 1. The van der Waals surface area contributed by atoms with Crippen molar-refractivity contribution in [3.8, 4) is 0 Å². The number of nitrogens with zero attached hydrogens (tertiary/aromatic N) is 3. The van der Waals surface area contributed by atoms with Gasteiger partial charge in [-0.1, -0.05) is 0 Å². The number of hydrogen-bond donors (Lipinski definition) is 2. The standard InChI is InChI=1S/C11H6BrN5OS/c12-6-3-17-11(19-6)7-9(16-17)8-5(15-10(7)18)1-4(13)2-14-8/h1-3H,13H2,(H,15,18). The van der Waals surface area contributed by atoms with Crippen LogP contribution in [0.4, 0.5) is 5.69 Å². The number of nitrogens with one attached hydrogen (secondary N) is 1. The number of halogens is 1. The van der Waals surface area contributed by atoms with Crippen LogP contribution in [-0.2, 0) is 0 Å². The van der Waals surface area contributed by atoms with E-state index in [4.69, 9.17) is 5.73 Å². The van der Waals surface area contributed by atoms with E-state index in [0.717, 1.165) is 8.62 Å². The Morgan fingerprint density at radius 3 is 3.11 bits per heavy atom. The van der Waals surface area contributed by atoms with Gasteiger partial charge in [-0.2, -0.15) is 5.10 Å². The zero-order chi connectivity index (χ0) is 13.1. The van der Waals surface area contributed by atoms with Crippen molar-refractivity contribution in [2.24, 2.45) is 0 Å². The van der Waals surface area contributed by atoms with Crippen LogP contribution in [0.5, 0.6) is 0 Å². The van der Waals surface area contributed by atoms with Gasteiger partial charge >= 0.3 is 0 Å². The Balaban J connectivity index is 2.33. The molecule has 0 aliphatic rings. The summed E-state index contributed by atoms with van der Waals surface area (Å²) in [7, 11) is 0. The number of hydrogen-bond acceptors (Lipinski definition) is 5. The van der Waals surface area contributed by atoms with Gasteiger partial charge in [0.2, 0.25) is 0 Å². The van der Waals surface area contributed by atoms with Gasteiger partial charge in [0, 0.05) is 0 Å². The molecule has 94 valence electrons. The fourth-order valence-electron chi connectivity index (χ4n) is 2.14. The first kappa shape index (κ1) is 10.9. The van der Waals surface area contributed by atoms with Gasteiger partial charge in [0.15, 0.2) is 0 Å². The van der Waals surface area contributed by atoms with Gasteiger partial charge in [-0.25, -0.2) is 4.52 Å². The van der Waals surface area contributed by atoms with E-state index in [0.29, 0.717) is 27.6 Å². The Morgan fingerprint density at radius 2 is 2.26 bits per heavy atom. The lowest BCUT2D eigenvalue weighted by atomic mass is 10.2. The second-order valence-corrected chi connectivity index (χ2v) is 6.54. The topological polar surface area (TPSA) is 89.1 Å². The Morgan fingerprint density at radius 1 is 1.42 bits per heavy atom. The van der Waals surface area contributed by atoms with Crippen LogP contribution in [0.3, 0.4) is 0 Å². The molecule has 0 saturated carbocycles. The molecule has 0 radical (unpaired) electrons. The molecule has 19 heavy (non-hydrogen) atoms. The summed E-state index contributed by atoms with van der Waals surface area (Å²) in [6.45, 7) is 0. The van der Waals surface area contributed by atoms with Crippen molar-refractivity contribution in [1.82, 2.24) is 19.6 Å². The smallest absolute Gasteiger partial charge is 0.261 e. The van der Waals surface area contributed by atoms with Gasteiger partial charge in [-0.05, 0) is 22.0 Å². The minimum atomic E-state index is -0.181. The number of rotatable bonds is 0. The highest BCUT2D eigenvalue weighted by Gasteiger charge is 2.15. The molecule has 6 nitrogen and oxygen atoms in total. The second kappa shape index (κ2) is 3.55. The summed E-state index contributed by atoms with van der Waals surface area (Å²) < 4.78 is 2.60. The third-order valence-electron chi connectivity index (χ3n) is 2.89. The Kier molecular flexibility index (Phi) is 2.04. The van der Waals surface area contributed by atoms with Crippen LogP contribution < -0.4 is 11.3 Å². The summed E-state index contributed by atoms with van der Waals surface area (Å²) in [5, 5.41) is 4.98. The molecule has 4 heterocycles. The molecule has 0 aliphatic carbocycles. The molecule has 4 aromatic rings. The molecule has 0 fully saturated rings. The van der Waals surface area contributed by atoms with E-state index in [9.17, 15) is 4.79 Å². The van der Waals surface area contributed by atoms with Crippen LogP contribution in [0.25, 0.3) is 26.8 Å². The molecular weight excluding hydrogens is 330 g/mol. The van der Waals surface area contributed by atoms with E-state index in [1.807, 2.05) is 6.20 Å². The lowest BCUT2D eigenvalue weighted by Gasteiger charge is -1.98. The van der Waals surface area contributed by atoms with E-state index in [1.165, 1.54) is 11.3 Å². The van der Waals surface area contributed by atoms with Gasteiger partial charge < -0.3 is 10.7 Å². The monoisotopic (exact) mass is 335 g/mol. The maximum absolute atomic E-state index is 12.2. The molecule has 3 N–H and O–H groups in total. The van der Waals surface area contributed by atoms with E-state index in [2.05, 4.69) is 31.0 Å². The van der Waals surface area contributed by atoms with Crippen molar-refractivity contribution in [3.63, 3.8) is 0 Å². The molecule has 0 atom stereocenters. The van der Waals surface area contributed by atoms with E-state index in [1.54, 1.807) is 16.8 Å². The second-order valence-electron chi connectivity index (χ2n) is 4.13. The zero-order valence-electron chi connectivity index (χ0n) is 9.35. The van der Waals surface area contributed by atoms with Crippen molar-refractivity contribution < 1.29 is 0 Å². The highest BCUT2D eigenvalue weighted by molar-refractivity contribution is 9.11. The average molecular weight is 336 g/mol. The number of nitrogen functional groups attached to an aromatic ring is 1. The van der Waals surface area contributed by atoms with Gasteiger partial charge in [0.1, 0.15) is 21.3 Å². The summed E-state index contributed by atoms with van der Waals surface area (Å²) in [5.41, 5.74) is 7.85. The highest BCUT2D eigenvalue weighted by atomic mass is 79.9. The van der Waals surface area contributed by atoms with Gasteiger partial charge in [-0.15, -0.1) is 11.3 Å². The van der Waals surface area contributed by atoms with Crippen LogP contribution >= 0.6 is 27.3 Å². The summed E-state index contributed by atoms with van der Waals surface area (Å²) in [4.78, 5) is 20.1. The zero-order valence-corrected chi connectivity index (χ0v) is 11.7. The third-order valence-corrected chi connectivity index (χ3v) is 4.47. The number of aromatic nitrogens is 4. The van der Waals surface area contributed by atoms with E-state index in [-0.39, 0.29) is 5.56 Å². The number of fused-ring (bicyclic) bond motifs is 5. The highest BCUT2D eigenvalue weighted by Crippen LogP contribution is 2.30. The van der Waals surface area contributed by atoms with Gasteiger partial charge in [-0.3, -0.25) is 9.78 Å². The predicted molar refractivity (Wildman–Crippen MR) is 78.6 cm³/mol. The normalized spacial score (nSPS) is 11.8. The molecule has 0 unspecified atom stereocenters. The van der Waals surface area contributed by atoms with Crippen molar-refractivity contribution >= 4 is 59.7 Å². The molecule has 0 saturated heterocycles. The molecular formula is C11H6BrN5OS. The van der Waals surface area contributed by atoms with Crippen LogP contribution in [0.2, 0.25) is 0 Å². The minimum absolute atomic E-state index is 0.181. The maximum atomic E-state index is 12.2. The largest absolute Gasteiger partial charge is 0.397 e. The Bertz CT molecular complexity index is 1010. The lowest BCUT2D eigenvalue weighted by molar-refractivity contribution is 0.998. The SMILES string of the molecule is Nc1cnc2c(c1)[nH]c(=O)c1c2nn2cc(Br)sc12. The quantitative estimate of drug-likeness (QED) is 0.515. The Labute approximate surface area is 118 Å². The predicted octanol–water partition coefficient (Wildman–Crippen LogP) is 2.13. The minimum Gasteiger partial charge on any atom is -0.397 e. The molecule has 4 aromatic heterocycles. The van der Waals surface area contributed by atoms with Crippen molar-refractivity contribution in [2.75, 3.05) is 5.73 Å². The van der Waals surface area contributed by atoms with Crippen molar-refractivity contribution in [2.45, 2.75) is 0 Å². The fourth-order valence-corrected chi connectivity index (χ4v) is 3.61. The van der Waals surface area contributed by atoms with Gasteiger partial charge in [0.25, 0.3) is 5.56 Å². The van der Waals surface area contributed by atoms with Crippen LogP contribution in [0, 0.1) is 0 Å².